The molecule has 3 aliphatic heterocycles. The average Bonchev–Trinajstić information content (AvgIpc) is 3.46. The van der Waals surface area contributed by atoms with E-state index in [1.807, 2.05) is 0 Å². The Morgan fingerprint density at radius 2 is 1.89 bits per heavy atom. The molecule has 3 aliphatic rings. The molecule has 3 fully saturated rings. The second-order valence-electron chi connectivity index (χ2n) is 9.85. The molecular weight excluding hydrogens is 562 g/mol. The molecule has 0 radical (unpaired) electrons. The Kier molecular flexibility index (Phi) is 8.48. The minimum atomic E-state index is -1.15. The third-order valence-corrected chi connectivity index (χ3v) is 8.71. The van der Waals surface area contributed by atoms with Gasteiger partial charge in [-0.2, -0.15) is 0 Å². The molecule has 1 spiro atoms. The van der Waals surface area contributed by atoms with Gasteiger partial charge >= 0.3 is 0 Å². The van der Waals surface area contributed by atoms with Crippen LogP contribution in [0.3, 0.4) is 0 Å². The van der Waals surface area contributed by atoms with E-state index in [-0.39, 0.29) is 42.2 Å². The molecule has 3 heterocycles. The fraction of sp³-hybridized carbons (Fsp3) is 0.519. The van der Waals surface area contributed by atoms with E-state index in [2.05, 4.69) is 29.1 Å². The molecule has 0 saturated carbocycles. The van der Waals surface area contributed by atoms with Crippen molar-refractivity contribution in [3.05, 3.63) is 54.6 Å². The minimum Gasteiger partial charge on any atom is -0.396 e. The van der Waals surface area contributed by atoms with E-state index >= 15 is 0 Å². The van der Waals surface area contributed by atoms with Crippen molar-refractivity contribution in [3.63, 3.8) is 0 Å². The van der Waals surface area contributed by atoms with Gasteiger partial charge in [0.15, 0.2) is 0 Å². The number of carbonyl (C=O) groups excluding carboxylic acids is 3. The van der Waals surface area contributed by atoms with Crippen molar-refractivity contribution >= 4 is 50.9 Å². The molecule has 1 N–H and O–H groups in total. The van der Waals surface area contributed by atoms with E-state index in [0.29, 0.717) is 36.5 Å². The fourth-order valence-corrected chi connectivity index (χ4v) is 7.15. The average molecular weight is 595 g/mol. The first kappa shape index (κ1) is 27.8. The number of fused-ring (bicyclic) bond motifs is 1. The lowest BCUT2D eigenvalue weighted by Crippen LogP contribution is -2.57. The molecule has 200 valence electrons. The van der Waals surface area contributed by atoms with Gasteiger partial charge in [0.05, 0.1) is 17.9 Å². The number of rotatable bonds is 11. The number of halogens is 2. The number of hydrogen-bond donors (Lipinski definition) is 1. The quantitative estimate of drug-likeness (QED) is 0.242. The zero-order chi connectivity index (χ0) is 26.9. The Hall–Kier alpha value is -2.20. The molecule has 6 atom stereocenters. The van der Waals surface area contributed by atoms with Crippen molar-refractivity contribution in [1.82, 2.24) is 9.80 Å². The number of unbranched alkanes of at least 4 members (excludes halogenated alkanes) is 1. The second-order valence-corrected chi connectivity index (χ2v) is 11.5. The number of nitrogens with zero attached hydrogens (tertiary/aromatic N) is 3. The summed E-state index contributed by atoms with van der Waals surface area (Å²) in [4.78, 5) is 46.4. The van der Waals surface area contributed by atoms with Crippen LogP contribution in [0, 0.1) is 11.8 Å². The summed E-state index contributed by atoms with van der Waals surface area (Å²) in [5.74, 6) is -2.23. The van der Waals surface area contributed by atoms with Gasteiger partial charge in [-0.1, -0.05) is 39.7 Å². The van der Waals surface area contributed by atoms with Crippen molar-refractivity contribution in [2.24, 2.45) is 11.8 Å². The van der Waals surface area contributed by atoms with E-state index in [1.165, 1.54) is 0 Å². The number of likely N-dealkylation sites (tertiary alicyclic amines) is 1. The zero-order valence-electron chi connectivity index (χ0n) is 20.9. The highest BCUT2D eigenvalue weighted by Crippen LogP contribution is 2.60. The number of likely N-dealkylation sites (N-methyl/N-ethyl adjacent to an activating group) is 1. The van der Waals surface area contributed by atoms with Crippen molar-refractivity contribution in [1.29, 1.82) is 0 Å². The van der Waals surface area contributed by atoms with Crippen LogP contribution >= 0.6 is 27.5 Å². The molecule has 8 nitrogen and oxygen atoms in total. The van der Waals surface area contributed by atoms with Crippen LogP contribution < -0.4 is 4.90 Å². The van der Waals surface area contributed by atoms with Crippen molar-refractivity contribution in [3.8, 4) is 0 Å². The first-order valence-electron chi connectivity index (χ1n) is 12.5. The summed E-state index contributed by atoms with van der Waals surface area (Å²) in [5, 5.41) is 9.89. The topological polar surface area (TPSA) is 90.4 Å². The number of carbonyl (C=O) groups is 3. The van der Waals surface area contributed by atoms with E-state index in [4.69, 9.17) is 16.3 Å². The Morgan fingerprint density at radius 1 is 1.22 bits per heavy atom. The molecule has 10 heteroatoms. The van der Waals surface area contributed by atoms with E-state index < -0.39 is 29.6 Å². The minimum absolute atomic E-state index is 0.0158. The molecule has 4 rings (SSSR count). The summed E-state index contributed by atoms with van der Waals surface area (Å²) in [6.45, 7) is 8.36. The Bertz CT molecular complexity index is 1070. The third-order valence-electron chi connectivity index (χ3n) is 7.61. The molecule has 3 saturated heterocycles. The smallest absolute Gasteiger partial charge is 0.253 e. The van der Waals surface area contributed by atoms with Gasteiger partial charge in [0.1, 0.15) is 11.6 Å². The molecule has 3 amide bonds. The van der Waals surface area contributed by atoms with Gasteiger partial charge in [0, 0.05) is 48.8 Å². The van der Waals surface area contributed by atoms with Crippen molar-refractivity contribution in [2.75, 3.05) is 38.2 Å². The lowest BCUT2D eigenvalue weighted by atomic mass is 9.70. The number of amides is 3. The second kappa shape index (κ2) is 11.3. The van der Waals surface area contributed by atoms with Crippen LogP contribution in [0.15, 0.2) is 49.6 Å². The van der Waals surface area contributed by atoms with Gasteiger partial charge in [-0.05, 0) is 43.5 Å². The molecule has 37 heavy (non-hydrogen) atoms. The molecule has 3 unspecified atom stereocenters. The van der Waals surface area contributed by atoms with Gasteiger partial charge in [-0.3, -0.25) is 14.4 Å². The van der Waals surface area contributed by atoms with Crippen LogP contribution in [0.25, 0.3) is 0 Å². The standard InChI is InChI=1S/C27H33BrClN3O5/c1-4-12-30(3)24(34)20-21-25(35)32(14-6-7-15-33)23(27(21)16-19(28)22(20)37-27)26(36)31(13-5-2)18-10-8-17(29)9-11-18/h4-5,8-11,19-23,33H,1-2,6-7,12-16H2,3H3/t19?,20-,21+,22-,23?,27?/m1/s1. The van der Waals surface area contributed by atoms with Gasteiger partial charge in [-0.15, -0.1) is 13.2 Å². The predicted molar refractivity (Wildman–Crippen MR) is 146 cm³/mol. The lowest BCUT2D eigenvalue weighted by molar-refractivity contribution is -0.144. The van der Waals surface area contributed by atoms with Crippen LogP contribution in [0.2, 0.25) is 5.02 Å². The molecule has 0 aliphatic carbocycles. The SMILES string of the molecule is C=CCN(C)C(=O)[C@H]1[C@@H]2OC3(CC2Br)C(C(=O)N(CC=C)c2ccc(Cl)cc2)N(CCCCO)C(=O)[C@H]13. The number of hydrogen-bond acceptors (Lipinski definition) is 5. The first-order chi connectivity index (χ1) is 17.7. The maximum atomic E-state index is 14.4. The normalized spacial score (nSPS) is 29.8. The molecule has 0 aromatic heterocycles. The number of aliphatic hydroxyl groups is 1. The number of aliphatic hydroxyl groups excluding tert-OH is 1. The Labute approximate surface area is 231 Å². The summed E-state index contributed by atoms with van der Waals surface area (Å²) < 4.78 is 6.56. The van der Waals surface area contributed by atoms with Crippen LogP contribution in [0.4, 0.5) is 5.69 Å². The number of ether oxygens (including phenoxy) is 1. The van der Waals surface area contributed by atoms with Gasteiger partial charge in [0.25, 0.3) is 5.91 Å². The van der Waals surface area contributed by atoms with E-state index in [1.54, 1.807) is 58.2 Å². The number of benzene rings is 1. The zero-order valence-corrected chi connectivity index (χ0v) is 23.2. The number of anilines is 1. The maximum absolute atomic E-state index is 14.4. The van der Waals surface area contributed by atoms with E-state index in [9.17, 15) is 19.5 Å². The fourth-order valence-electron chi connectivity index (χ4n) is 6.08. The maximum Gasteiger partial charge on any atom is 0.253 e. The van der Waals surface area contributed by atoms with Gasteiger partial charge < -0.3 is 24.5 Å². The highest BCUT2D eigenvalue weighted by molar-refractivity contribution is 9.09. The van der Waals surface area contributed by atoms with Crippen LogP contribution in [-0.2, 0) is 19.1 Å². The largest absolute Gasteiger partial charge is 0.396 e. The van der Waals surface area contributed by atoms with E-state index in [0.717, 1.165) is 0 Å². The monoisotopic (exact) mass is 593 g/mol. The highest BCUT2D eigenvalue weighted by Gasteiger charge is 2.76. The predicted octanol–water partition coefficient (Wildman–Crippen LogP) is 3.02. The van der Waals surface area contributed by atoms with Crippen molar-refractivity contribution in [2.45, 2.75) is 41.8 Å². The van der Waals surface area contributed by atoms with Crippen LogP contribution in [-0.4, -0.2) is 88.5 Å². The lowest BCUT2D eigenvalue weighted by Gasteiger charge is -2.37. The Balaban J connectivity index is 1.77. The summed E-state index contributed by atoms with van der Waals surface area (Å²) in [5.41, 5.74) is -0.522. The summed E-state index contributed by atoms with van der Waals surface area (Å²) in [6, 6.07) is 5.99. The summed E-state index contributed by atoms with van der Waals surface area (Å²) in [6.07, 6.45) is 4.19. The highest BCUT2D eigenvalue weighted by atomic mass is 79.9. The number of alkyl halides is 1. The van der Waals surface area contributed by atoms with Gasteiger partial charge in [0.2, 0.25) is 11.8 Å². The molecule has 1 aromatic rings. The van der Waals surface area contributed by atoms with Crippen LogP contribution in [0.5, 0.6) is 0 Å². The Morgan fingerprint density at radius 3 is 2.51 bits per heavy atom. The van der Waals surface area contributed by atoms with Gasteiger partial charge in [-0.25, -0.2) is 0 Å². The van der Waals surface area contributed by atoms with Crippen molar-refractivity contribution < 1.29 is 24.2 Å². The molecule has 2 bridgehead atoms. The first-order valence-corrected chi connectivity index (χ1v) is 13.8. The summed E-state index contributed by atoms with van der Waals surface area (Å²) in [7, 11) is 1.68. The summed E-state index contributed by atoms with van der Waals surface area (Å²) >= 11 is 9.77. The van der Waals surface area contributed by atoms with Crippen LogP contribution in [0.1, 0.15) is 19.3 Å². The molecule has 1 aromatic carbocycles. The third kappa shape index (κ3) is 4.75. The molecular formula is C27H33BrClN3O5.